The molecule has 11 heteroatoms. The van der Waals surface area contributed by atoms with Gasteiger partial charge < -0.3 is 36.7 Å². The van der Waals surface area contributed by atoms with E-state index in [2.05, 4.69) is 31.0 Å². The molecule has 0 aliphatic rings. The Bertz CT molecular complexity index is 345. The van der Waals surface area contributed by atoms with E-state index in [9.17, 15) is 14.4 Å². The van der Waals surface area contributed by atoms with E-state index in [1.165, 1.54) is 14.2 Å². The smallest absolute Gasteiger partial charge is 0.406 e. The molecular formula is C11H22N5O5Y-. The maximum atomic E-state index is 11.5. The number of nitrogens with one attached hydrogen (secondary N) is 3. The molecule has 1 radical (unpaired) electrons. The number of hydrogen-bond donors (Lipinski definition) is 4. The molecule has 0 aromatic carbocycles. The number of methoxy groups -OCH3 is 1. The van der Waals surface area contributed by atoms with Crippen molar-refractivity contribution in [1.82, 2.24) is 16.0 Å². The molecular weight excluding hydrogens is 371 g/mol. The van der Waals surface area contributed by atoms with E-state index in [1.807, 2.05) is 0 Å². The van der Waals surface area contributed by atoms with Crippen LogP contribution in [0.15, 0.2) is 0 Å². The van der Waals surface area contributed by atoms with Gasteiger partial charge in [0.2, 0.25) is 11.8 Å². The third kappa shape index (κ3) is 12.9. The Hall–Kier alpha value is -0.806. The minimum Gasteiger partial charge on any atom is -0.533 e. The van der Waals surface area contributed by atoms with Crippen molar-refractivity contribution in [2.24, 2.45) is 5.73 Å². The number of nitrogens with two attached hydrogens (primary N) is 1. The fraction of sp³-hybridized carbons (Fsp3) is 0.727. The topological polar surface area (TPSA) is 146 Å². The summed E-state index contributed by atoms with van der Waals surface area (Å²) in [5.41, 5.74) is 9.14. The summed E-state index contributed by atoms with van der Waals surface area (Å²) in [6, 6.07) is -0.943. The molecule has 0 aliphatic carbocycles. The van der Waals surface area contributed by atoms with Gasteiger partial charge in [0.15, 0.2) is 0 Å². The van der Waals surface area contributed by atoms with Crippen LogP contribution in [0.25, 0.3) is 5.48 Å². The summed E-state index contributed by atoms with van der Waals surface area (Å²) < 4.78 is 4.36. The first-order valence-electron chi connectivity index (χ1n) is 6.33. The van der Waals surface area contributed by atoms with E-state index in [1.54, 1.807) is 0 Å². The quantitative estimate of drug-likeness (QED) is 0.255. The van der Waals surface area contributed by atoms with E-state index in [-0.39, 0.29) is 64.7 Å². The van der Waals surface area contributed by atoms with Crippen LogP contribution < -0.4 is 21.7 Å². The molecule has 0 rings (SSSR count). The minimum absolute atomic E-state index is 0. The molecule has 0 bridgehead atoms. The number of nitrogens with zero attached hydrogens (tertiary/aromatic N) is 1. The number of carbonyl (C=O) groups is 3. The van der Waals surface area contributed by atoms with Crippen LogP contribution in [0, 0.1) is 0 Å². The van der Waals surface area contributed by atoms with E-state index in [0.29, 0.717) is 6.54 Å². The number of amides is 3. The fourth-order valence-corrected chi connectivity index (χ4v) is 1.25. The zero-order valence-corrected chi connectivity index (χ0v) is 15.6. The van der Waals surface area contributed by atoms with Gasteiger partial charge in [0.05, 0.1) is 19.6 Å². The van der Waals surface area contributed by atoms with Crippen molar-refractivity contribution in [3.05, 3.63) is 5.48 Å². The molecule has 0 aliphatic heterocycles. The van der Waals surface area contributed by atoms with Gasteiger partial charge in [-0.2, -0.15) is 0 Å². The molecule has 22 heavy (non-hydrogen) atoms. The molecule has 0 saturated heterocycles. The molecule has 10 nitrogen and oxygen atoms in total. The Kier molecular flexibility index (Phi) is 16.1. The predicted molar refractivity (Wildman–Crippen MR) is 74.3 cm³/mol. The molecule has 0 aromatic rings. The van der Waals surface area contributed by atoms with Gasteiger partial charge in [-0.25, -0.2) is 4.79 Å². The summed E-state index contributed by atoms with van der Waals surface area (Å²) in [4.78, 5) is 38.2. The van der Waals surface area contributed by atoms with E-state index in [4.69, 9.17) is 5.73 Å². The van der Waals surface area contributed by atoms with Crippen molar-refractivity contribution >= 4 is 17.9 Å². The molecule has 5 N–H and O–H groups in total. The fourth-order valence-electron chi connectivity index (χ4n) is 1.25. The summed E-state index contributed by atoms with van der Waals surface area (Å²) in [5.74, 6) is -0.824. The first-order chi connectivity index (χ1) is 10.0. The second-order valence-electron chi connectivity index (χ2n) is 3.91. The normalized spacial score (nSPS) is 10.9. The third-order valence-corrected chi connectivity index (χ3v) is 2.28. The molecule has 1 atom stereocenters. The second-order valence-corrected chi connectivity index (χ2v) is 3.91. The van der Waals surface area contributed by atoms with Gasteiger partial charge in [-0.05, 0) is 0 Å². The number of carbonyl (C=O) groups excluding carboxylic acids is 3. The average Bonchev–Trinajstić information content (AvgIpc) is 2.47. The van der Waals surface area contributed by atoms with Crippen LogP contribution in [-0.4, -0.2) is 64.3 Å². The largest absolute Gasteiger partial charge is 0.533 e. The Morgan fingerprint density at radius 2 is 1.73 bits per heavy atom. The zero-order chi connectivity index (χ0) is 16.1. The molecule has 1 unspecified atom stereocenters. The maximum absolute atomic E-state index is 11.5. The number of rotatable bonds is 10. The number of hydroxylamine groups is 1. The van der Waals surface area contributed by atoms with Crippen LogP contribution in [0.2, 0.25) is 0 Å². The summed E-state index contributed by atoms with van der Waals surface area (Å²) in [5, 5.41) is 7.43. The van der Waals surface area contributed by atoms with Crippen LogP contribution >= 0.6 is 0 Å². The molecule has 3 amide bonds. The van der Waals surface area contributed by atoms with Crippen molar-refractivity contribution in [3.63, 3.8) is 0 Å². The van der Waals surface area contributed by atoms with Crippen LogP contribution in [-0.2, 0) is 51.9 Å². The van der Waals surface area contributed by atoms with Gasteiger partial charge in [0.1, 0.15) is 0 Å². The first kappa shape index (κ1) is 23.5. The Morgan fingerprint density at radius 1 is 1.09 bits per heavy atom. The minimum atomic E-state index is -0.943. The van der Waals surface area contributed by atoms with Gasteiger partial charge in [-0.15, -0.1) is 6.54 Å². The molecule has 0 fully saturated rings. The summed E-state index contributed by atoms with van der Waals surface area (Å²) in [6.07, 6.45) is -0.729. The monoisotopic (exact) mass is 393 g/mol. The van der Waals surface area contributed by atoms with Crippen molar-refractivity contribution in [1.29, 1.82) is 0 Å². The Labute approximate surface area is 154 Å². The van der Waals surface area contributed by atoms with E-state index < -0.39 is 18.0 Å². The van der Waals surface area contributed by atoms with Crippen LogP contribution in [0.4, 0.5) is 4.79 Å². The molecule has 0 aromatic heterocycles. The first-order valence-corrected chi connectivity index (χ1v) is 6.33. The third-order valence-electron chi connectivity index (χ3n) is 2.28. The van der Waals surface area contributed by atoms with E-state index >= 15 is 0 Å². The Balaban J connectivity index is 0. The SMILES string of the molecule is CO[N-]CCNC(=O)C(N)CC(=O)NCCNC(=O)OC.[Y]. The molecule has 0 spiro atoms. The molecule has 0 saturated carbocycles. The van der Waals surface area contributed by atoms with Crippen molar-refractivity contribution in [3.8, 4) is 0 Å². The van der Waals surface area contributed by atoms with Gasteiger partial charge in [-0.3, -0.25) is 9.59 Å². The Morgan fingerprint density at radius 3 is 2.32 bits per heavy atom. The van der Waals surface area contributed by atoms with Crippen molar-refractivity contribution in [2.75, 3.05) is 40.4 Å². The van der Waals surface area contributed by atoms with Gasteiger partial charge in [-0.1, -0.05) is 0 Å². The van der Waals surface area contributed by atoms with Crippen LogP contribution in [0.5, 0.6) is 0 Å². The standard InChI is InChI=1S/C11H22N5O5.Y/c1-20-11(19)15-4-3-13-9(17)7-8(12)10(18)14-5-6-16-21-2;/h8H,3-7,12H2,1-2H3,(H,13,17)(H,14,18)(H,15,19);/q-1;. The average molecular weight is 393 g/mol. The van der Waals surface area contributed by atoms with Gasteiger partial charge in [0.25, 0.3) is 0 Å². The number of alkyl carbamates (subject to hydrolysis) is 1. The molecule has 0 heterocycles. The van der Waals surface area contributed by atoms with Crippen LogP contribution in [0.1, 0.15) is 6.42 Å². The van der Waals surface area contributed by atoms with Crippen molar-refractivity contribution in [2.45, 2.75) is 12.5 Å². The van der Waals surface area contributed by atoms with Gasteiger partial charge in [0, 0.05) is 59.5 Å². The number of hydrogen-bond acceptors (Lipinski definition) is 6. The second kappa shape index (κ2) is 15.1. The maximum Gasteiger partial charge on any atom is 0.406 e. The summed E-state index contributed by atoms with van der Waals surface area (Å²) in [6.45, 7) is 1.03. The number of ether oxygens (including phenoxy) is 1. The zero-order valence-electron chi connectivity index (χ0n) is 12.8. The van der Waals surface area contributed by atoms with Crippen LogP contribution in [0.3, 0.4) is 0 Å². The predicted octanol–water partition coefficient (Wildman–Crippen LogP) is -1.78. The summed E-state index contributed by atoms with van der Waals surface area (Å²) >= 11 is 0. The van der Waals surface area contributed by atoms with E-state index in [0.717, 1.165) is 0 Å². The molecule has 125 valence electrons. The summed E-state index contributed by atoms with van der Waals surface area (Å²) in [7, 11) is 2.65. The van der Waals surface area contributed by atoms with Gasteiger partial charge >= 0.3 is 6.09 Å². The van der Waals surface area contributed by atoms with Crippen molar-refractivity contribution < 1.29 is 56.7 Å².